The molecule has 3 atom stereocenters. The number of rotatable bonds is 7. The van der Waals surface area contributed by atoms with Crippen LogP contribution in [0.5, 0.6) is 0 Å². The summed E-state index contributed by atoms with van der Waals surface area (Å²) < 4.78 is 24.5. The maximum atomic E-state index is 12.3. The van der Waals surface area contributed by atoms with Crippen molar-refractivity contribution in [1.29, 1.82) is 0 Å². The third-order valence-electron chi connectivity index (χ3n) is 5.29. The minimum atomic E-state index is -3.25. The van der Waals surface area contributed by atoms with Crippen LogP contribution in [0.3, 0.4) is 0 Å². The summed E-state index contributed by atoms with van der Waals surface area (Å²) in [7, 11) is 0.100. The first-order chi connectivity index (χ1) is 13.7. The number of unbranched alkanes of at least 4 members (excludes halogenated alkanes) is 1. The lowest BCUT2D eigenvalue weighted by atomic mass is 10.0. The topological polar surface area (TPSA) is 125 Å². The molecular formula is C19H26N4O5S. The molecule has 29 heavy (non-hydrogen) atoms. The Morgan fingerprint density at radius 1 is 1.14 bits per heavy atom. The van der Waals surface area contributed by atoms with Gasteiger partial charge in [0.25, 0.3) is 5.91 Å². The van der Waals surface area contributed by atoms with E-state index in [9.17, 15) is 22.8 Å². The Kier molecular flexibility index (Phi) is 6.11. The number of benzene rings is 1. The van der Waals surface area contributed by atoms with Crippen LogP contribution < -0.4 is 16.0 Å². The molecule has 2 aliphatic rings. The summed E-state index contributed by atoms with van der Waals surface area (Å²) in [5.41, 5.74) is 1.14. The molecule has 0 bridgehead atoms. The molecule has 0 aromatic heterocycles. The maximum absolute atomic E-state index is 12.3. The predicted octanol–water partition coefficient (Wildman–Crippen LogP) is 0.734. The van der Waals surface area contributed by atoms with Crippen molar-refractivity contribution in [2.24, 2.45) is 0 Å². The van der Waals surface area contributed by atoms with Gasteiger partial charge in [0.2, 0.25) is 5.91 Å². The molecule has 0 radical (unpaired) electrons. The van der Waals surface area contributed by atoms with E-state index in [0.717, 1.165) is 0 Å². The third-order valence-corrected chi connectivity index (χ3v) is 7.56. The van der Waals surface area contributed by atoms with Crippen molar-refractivity contribution < 1.29 is 22.8 Å². The first kappa shape index (κ1) is 21.1. The highest BCUT2D eigenvalue weighted by Crippen LogP contribution is 2.28. The Morgan fingerprint density at radius 2 is 1.83 bits per heavy atom. The zero-order valence-electron chi connectivity index (χ0n) is 16.5. The summed E-state index contributed by atoms with van der Waals surface area (Å²) in [5.74, 6) is -0.311. The van der Waals surface area contributed by atoms with E-state index in [0.29, 0.717) is 30.5 Å². The van der Waals surface area contributed by atoms with E-state index in [2.05, 4.69) is 16.0 Å². The fourth-order valence-corrected chi connectivity index (χ4v) is 6.08. The molecule has 0 saturated carbocycles. The molecule has 0 aliphatic carbocycles. The standard InChI is InChI=1S/C19H26N4O5S/c1-23(2)18(25)12-7-9-13(10-8-12)20-16(24)6-4-3-5-15-17-14(11-29(15,27)28)21-19(26)22-17/h7-10,14-15,17H,3-6,11H2,1-2H3,(H,20,24)(H2,21,22,26)/t14-,15-,17-/m1/s1. The van der Waals surface area contributed by atoms with Gasteiger partial charge < -0.3 is 20.9 Å². The minimum Gasteiger partial charge on any atom is -0.345 e. The number of sulfone groups is 1. The SMILES string of the molecule is CN(C)C(=O)c1ccc(NC(=O)CCCC[C@@H]2[C@@H]3NC(=O)N[C@@H]3CS2(=O)=O)cc1. The number of fused-ring (bicyclic) bond motifs is 1. The van der Waals surface area contributed by atoms with E-state index in [1.54, 1.807) is 38.4 Å². The number of urea groups is 1. The van der Waals surface area contributed by atoms with E-state index in [-0.39, 0.29) is 42.1 Å². The number of nitrogens with one attached hydrogen (secondary N) is 3. The second-order valence-electron chi connectivity index (χ2n) is 7.69. The molecule has 2 heterocycles. The van der Waals surface area contributed by atoms with Gasteiger partial charge in [0, 0.05) is 31.8 Å². The predicted molar refractivity (Wildman–Crippen MR) is 108 cm³/mol. The maximum Gasteiger partial charge on any atom is 0.315 e. The number of anilines is 1. The zero-order valence-corrected chi connectivity index (χ0v) is 17.3. The molecule has 3 rings (SSSR count). The second kappa shape index (κ2) is 8.40. The van der Waals surface area contributed by atoms with Gasteiger partial charge in [0.15, 0.2) is 9.84 Å². The van der Waals surface area contributed by atoms with Gasteiger partial charge in [-0.3, -0.25) is 9.59 Å². The summed E-state index contributed by atoms with van der Waals surface area (Å²) in [5, 5.41) is 7.50. The highest BCUT2D eigenvalue weighted by atomic mass is 32.2. The molecule has 2 saturated heterocycles. The Balaban J connectivity index is 1.43. The van der Waals surface area contributed by atoms with Crippen LogP contribution in [0, 0.1) is 0 Å². The summed E-state index contributed by atoms with van der Waals surface area (Å²) in [4.78, 5) is 36.9. The van der Waals surface area contributed by atoms with E-state index >= 15 is 0 Å². The van der Waals surface area contributed by atoms with Crippen LogP contribution in [-0.2, 0) is 14.6 Å². The Morgan fingerprint density at radius 3 is 2.48 bits per heavy atom. The largest absolute Gasteiger partial charge is 0.345 e. The van der Waals surface area contributed by atoms with Gasteiger partial charge in [-0.1, -0.05) is 6.42 Å². The smallest absolute Gasteiger partial charge is 0.315 e. The van der Waals surface area contributed by atoms with Crippen LogP contribution in [0.4, 0.5) is 10.5 Å². The van der Waals surface area contributed by atoms with E-state index in [1.807, 2.05) is 0 Å². The normalized spacial score (nSPS) is 24.3. The van der Waals surface area contributed by atoms with Gasteiger partial charge in [-0.15, -0.1) is 0 Å². The molecule has 4 amide bonds. The van der Waals surface area contributed by atoms with Crippen LogP contribution in [0.25, 0.3) is 0 Å². The summed E-state index contributed by atoms with van der Waals surface area (Å²) in [6.07, 6.45) is 1.81. The monoisotopic (exact) mass is 422 g/mol. The number of hydrogen-bond acceptors (Lipinski definition) is 5. The molecule has 158 valence electrons. The molecule has 2 aliphatic heterocycles. The number of amides is 4. The fraction of sp³-hybridized carbons (Fsp3) is 0.526. The first-order valence-corrected chi connectivity index (χ1v) is 11.3. The van der Waals surface area contributed by atoms with Crippen LogP contribution in [0.2, 0.25) is 0 Å². The lowest BCUT2D eigenvalue weighted by molar-refractivity contribution is -0.116. The van der Waals surface area contributed by atoms with Crippen molar-refractivity contribution in [2.45, 2.75) is 43.0 Å². The Labute approximate surface area is 170 Å². The average molecular weight is 423 g/mol. The van der Waals surface area contributed by atoms with Gasteiger partial charge in [-0.2, -0.15) is 0 Å². The number of hydrogen-bond donors (Lipinski definition) is 3. The molecule has 1 aromatic carbocycles. The first-order valence-electron chi connectivity index (χ1n) is 9.57. The average Bonchev–Trinajstić information content (AvgIpc) is 3.10. The molecule has 0 unspecified atom stereocenters. The van der Waals surface area contributed by atoms with Crippen molar-refractivity contribution in [3.05, 3.63) is 29.8 Å². The summed E-state index contributed by atoms with van der Waals surface area (Å²) >= 11 is 0. The Hall–Kier alpha value is -2.62. The fourth-order valence-electron chi connectivity index (χ4n) is 3.81. The van der Waals surface area contributed by atoms with Crippen molar-refractivity contribution in [3.8, 4) is 0 Å². The molecule has 1 aromatic rings. The van der Waals surface area contributed by atoms with E-state index < -0.39 is 15.1 Å². The quantitative estimate of drug-likeness (QED) is 0.441. The van der Waals surface area contributed by atoms with Crippen molar-refractivity contribution in [2.75, 3.05) is 25.2 Å². The van der Waals surface area contributed by atoms with Gasteiger partial charge in [0.05, 0.1) is 23.1 Å². The third kappa shape index (κ3) is 4.87. The summed E-state index contributed by atoms with van der Waals surface area (Å²) in [6, 6.07) is 5.60. The van der Waals surface area contributed by atoms with Gasteiger partial charge in [-0.25, -0.2) is 13.2 Å². The lowest BCUT2D eigenvalue weighted by Crippen LogP contribution is -2.39. The second-order valence-corrected chi connectivity index (χ2v) is 9.95. The summed E-state index contributed by atoms with van der Waals surface area (Å²) in [6.45, 7) is 0. The molecule has 0 spiro atoms. The van der Waals surface area contributed by atoms with Crippen LogP contribution in [-0.4, -0.2) is 68.3 Å². The van der Waals surface area contributed by atoms with E-state index in [4.69, 9.17) is 0 Å². The molecule has 9 nitrogen and oxygen atoms in total. The highest BCUT2D eigenvalue weighted by molar-refractivity contribution is 7.92. The van der Waals surface area contributed by atoms with Crippen molar-refractivity contribution in [1.82, 2.24) is 15.5 Å². The number of nitrogens with zero attached hydrogens (tertiary/aromatic N) is 1. The van der Waals surface area contributed by atoms with Gasteiger partial charge >= 0.3 is 6.03 Å². The number of carbonyl (C=O) groups is 3. The minimum absolute atomic E-state index is 0.0338. The lowest BCUT2D eigenvalue weighted by Gasteiger charge is -2.16. The van der Waals surface area contributed by atoms with E-state index in [1.165, 1.54) is 4.90 Å². The number of carbonyl (C=O) groups excluding carboxylic acids is 3. The Bertz CT molecular complexity index is 898. The van der Waals surface area contributed by atoms with Crippen molar-refractivity contribution in [3.63, 3.8) is 0 Å². The van der Waals surface area contributed by atoms with Gasteiger partial charge in [0.1, 0.15) is 0 Å². The molecule has 10 heteroatoms. The molecule has 2 fully saturated rings. The zero-order chi connectivity index (χ0) is 21.2. The highest BCUT2D eigenvalue weighted by Gasteiger charge is 2.51. The van der Waals surface area contributed by atoms with Gasteiger partial charge in [-0.05, 0) is 37.1 Å². The van der Waals surface area contributed by atoms with Crippen LogP contribution >= 0.6 is 0 Å². The van der Waals surface area contributed by atoms with Crippen molar-refractivity contribution >= 4 is 33.4 Å². The molecule has 3 N–H and O–H groups in total. The van der Waals surface area contributed by atoms with Crippen LogP contribution in [0.15, 0.2) is 24.3 Å². The van der Waals surface area contributed by atoms with Crippen LogP contribution in [0.1, 0.15) is 36.0 Å². The molecular weight excluding hydrogens is 396 g/mol.